The third-order valence-electron chi connectivity index (χ3n) is 3.83. The standard InChI is InChI=1S/C14H29NO2/c1-10(2)15-9-13(5-6-14(15)17)8-11(3)7-12(4)16/h10-14,16-17H,5-9H2,1-4H3. The SMILES string of the molecule is CC(O)CC(C)CC1CCC(O)N(C(C)C)C1. The van der Waals surface area contributed by atoms with E-state index in [2.05, 4.69) is 25.7 Å². The van der Waals surface area contributed by atoms with Gasteiger partial charge in [-0.25, -0.2) is 0 Å². The van der Waals surface area contributed by atoms with Gasteiger partial charge >= 0.3 is 0 Å². The first-order chi connectivity index (χ1) is 7.90. The molecule has 0 aromatic carbocycles. The van der Waals surface area contributed by atoms with Crippen molar-refractivity contribution in [3.63, 3.8) is 0 Å². The Morgan fingerprint density at radius 2 is 1.82 bits per heavy atom. The van der Waals surface area contributed by atoms with Gasteiger partial charge in [0.1, 0.15) is 6.23 Å². The molecule has 0 aromatic heterocycles. The molecule has 0 bridgehead atoms. The fourth-order valence-corrected chi connectivity index (χ4v) is 3.06. The number of hydrogen-bond donors (Lipinski definition) is 2. The Hall–Kier alpha value is -0.120. The van der Waals surface area contributed by atoms with Gasteiger partial charge in [0.25, 0.3) is 0 Å². The molecule has 1 rings (SSSR count). The first-order valence-electron chi connectivity index (χ1n) is 7.02. The fourth-order valence-electron chi connectivity index (χ4n) is 3.06. The van der Waals surface area contributed by atoms with Crippen molar-refractivity contribution in [1.29, 1.82) is 0 Å². The number of aliphatic hydroxyl groups excluding tert-OH is 2. The van der Waals surface area contributed by atoms with E-state index in [4.69, 9.17) is 0 Å². The van der Waals surface area contributed by atoms with Gasteiger partial charge in [-0.15, -0.1) is 0 Å². The molecular formula is C14H29NO2. The van der Waals surface area contributed by atoms with Gasteiger partial charge in [0.15, 0.2) is 0 Å². The Bertz CT molecular complexity index is 218. The van der Waals surface area contributed by atoms with Gasteiger partial charge in [-0.2, -0.15) is 0 Å². The molecule has 17 heavy (non-hydrogen) atoms. The number of rotatable bonds is 5. The molecule has 102 valence electrons. The average molecular weight is 243 g/mol. The van der Waals surface area contributed by atoms with Crippen molar-refractivity contribution in [2.75, 3.05) is 6.54 Å². The Morgan fingerprint density at radius 3 is 2.35 bits per heavy atom. The van der Waals surface area contributed by atoms with Gasteiger partial charge < -0.3 is 10.2 Å². The van der Waals surface area contributed by atoms with Crippen molar-refractivity contribution < 1.29 is 10.2 Å². The minimum absolute atomic E-state index is 0.194. The fraction of sp³-hybridized carbons (Fsp3) is 1.00. The molecule has 1 fully saturated rings. The van der Waals surface area contributed by atoms with Crippen LogP contribution in [0.15, 0.2) is 0 Å². The molecular weight excluding hydrogens is 214 g/mol. The van der Waals surface area contributed by atoms with Crippen LogP contribution in [0.25, 0.3) is 0 Å². The van der Waals surface area contributed by atoms with Gasteiger partial charge in [0.05, 0.1) is 6.10 Å². The van der Waals surface area contributed by atoms with E-state index in [9.17, 15) is 10.2 Å². The predicted molar refractivity (Wildman–Crippen MR) is 70.7 cm³/mol. The summed E-state index contributed by atoms with van der Waals surface area (Å²) in [6.45, 7) is 9.37. The number of piperidine rings is 1. The average Bonchev–Trinajstić information content (AvgIpc) is 2.19. The highest BCUT2D eigenvalue weighted by Gasteiger charge is 2.29. The highest BCUT2D eigenvalue weighted by molar-refractivity contribution is 4.79. The van der Waals surface area contributed by atoms with E-state index in [1.165, 1.54) is 6.42 Å². The zero-order valence-electron chi connectivity index (χ0n) is 11.8. The molecule has 1 heterocycles. The summed E-state index contributed by atoms with van der Waals surface area (Å²) < 4.78 is 0. The zero-order chi connectivity index (χ0) is 13.0. The molecule has 0 aromatic rings. The maximum atomic E-state index is 9.92. The van der Waals surface area contributed by atoms with Crippen molar-refractivity contribution >= 4 is 0 Å². The van der Waals surface area contributed by atoms with E-state index in [0.717, 1.165) is 25.8 Å². The highest BCUT2D eigenvalue weighted by atomic mass is 16.3. The van der Waals surface area contributed by atoms with Crippen molar-refractivity contribution in [3.05, 3.63) is 0 Å². The third-order valence-corrected chi connectivity index (χ3v) is 3.83. The van der Waals surface area contributed by atoms with Crippen LogP contribution >= 0.6 is 0 Å². The van der Waals surface area contributed by atoms with Crippen LogP contribution in [0.5, 0.6) is 0 Å². The minimum atomic E-state index is -0.252. The smallest absolute Gasteiger partial charge is 0.107 e. The maximum Gasteiger partial charge on any atom is 0.107 e. The van der Waals surface area contributed by atoms with Crippen LogP contribution in [-0.4, -0.2) is 40.0 Å². The summed E-state index contributed by atoms with van der Waals surface area (Å²) in [6, 6.07) is 0.417. The Morgan fingerprint density at radius 1 is 1.18 bits per heavy atom. The minimum Gasteiger partial charge on any atom is -0.393 e. The van der Waals surface area contributed by atoms with Crippen molar-refractivity contribution in [3.8, 4) is 0 Å². The van der Waals surface area contributed by atoms with Crippen molar-refractivity contribution in [2.45, 2.75) is 71.8 Å². The van der Waals surface area contributed by atoms with Crippen LogP contribution in [0.4, 0.5) is 0 Å². The second-order valence-electron chi connectivity index (χ2n) is 6.14. The normalized spacial score (nSPS) is 30.5. The van der Waals surface area contributed by atoms with E-state index in [0.29, 0.717) is 17.9 Å². The van der Waals surface area contributed by atoms with Crippen LogP contribution in [0.2, 0.25) is 0 Å². The van der Waals surface area contributed by atoms with Crippen LogP contribution in [-0.2, 0) is 0 Å². The Balaban J connectivity index is 2.40. The van der Waals surface area contributed by atoms with Crippen LogP contribution in [0.3, 0.4) is 0 Å². The highest BCUT2D eigenvalue weighted by Crippen LogP contribution is 2.28. The monoisotopic (exact) mass is 243 g/mol. The summed E-state index contributed by atoms with van der Waals surface area (Å²) in [7, 11) is 0. The lowest BCUT2D eigenvalue weighted by Gasteiger charge is -2.40. The van der Waals surface area contributed by atoms with Crippen LogP contribution in [0.1, 0.15) is 53.4 Å². The Labute approximate surface area is 106 Å². The van der Waals surface area contributed by atoms with Gasteiger partial charge in [-0.1, -0.05) is 6.92 Å². The quantitative estimate of drug-likeness (QED) is 0.778. The zero-order valence-corrected chi connectivity index (χ0v) is 11.8. The molecule has 1 aliphatic rings. The molecule has 1 saturated heterocycles. The maximum absolute atomic E-state index is 9.92. The molecule has 3 heteroatoms. The van der Waals surface area contributed by atoms with E-state index in [1.54, 1.807) is 0 Å². The summed E-state index contributed by atoms with van der Waals surface area (Å²) in [5.41, 5.74) is 0. The van der Waals surface area contributed by atoms with Crippen LogP contribution in [0, 0.1) is 11.8 Å². The number of hydrogen-bond acceptors (Lipinski definition) is 3. The van der Waals surface area contributed by atoms with Crippen molar-refractivity contribution in [1.82, 2.24) is 4.90 Å². The second-order valence-corrected chi connectivity index (χ2v) is 6.14. The van der Waals surface area contributed by atoms with E-state index in [1.807, 2.05) is 6.92 Å². The largest absolute Gasteiger partial charge is 0.393 e. The second kappa shape index (κ2) is 6.72. The van der Waals surface area contributed by atoms with E-state index in [-0.39, 0.29) is 12.3 Å². The molecule has 4 atom stereocenters. The third kappa shape index (κ3) is 4.94. The molecule has 2 N–H and O–H groups in total. The first-order valence-corrected chi connectivity index (χ1v) is 7.02. The summed E-state index contributed by atoms with van der Waals surface area (Å²) in [6.07, 6.45) is 3.62. The number of aliphatic hydroxyl groups is 2. The molecule has 3 nitrogen and oxygen atoms in total. The summed E-state index contributed by atoms with van der Waals surface area (Å²) >= 11 is 0. The van der Waals surface area contributed by atoms with E-state index < -0.39 is 0 Å². The van der Waals surface area contributed by atoms with Gasteiger partial charge in [0, 0.05) is 12.6 Å². The summed E-state index contributed by atoms with van der Waals surface area (Å²) in [5.74, 6) is 1.25. The lowest BCUT2D eigenvalue weighted by atomic mass is 9.86. The topological polar surface area (TPSA) is 43.7 Å². The van der Waals surface area contributed by atoms with Crippen LogP contribution < -0.4 is 0 Å². The molecule has 1 aliphatic heterocycles. The first kappa shape index (κ1) is 14.9. The molecule has 0 spiro atoms. The lowest BCUT2D eigenvalue weighted by Crippen LogP contribution is -2.47. The van der Waals surface area contributed by atoms with Gasteiger partial charge in [0.2, 0.25) is 0 Å². The molecule has 0 saturated carbocycles. The van der Waals surface area contributed by atoms with E-state index >= 15 is 0 Å². The summed E-state index contributed by atoms with van der Waals surface area (Å²) in [4.78, 5) is 2.20. The number of likely N-dealkylation sites (tertiary alicyclic amines) is 1. The van der Waals surface area contributed by atoms with Crippen molar-refractivity contribution in [2.24, 2.45) is 11.8 Å². The summed E-state index contributed by atoms with van der Waals surface area (Å²) in [5, 5.41) is 19.3. The molecule has 0 aliphatic carbocycles. The predicted octanol–water partition coefficient (Wildman–Crippen LogP) is 2.22. The number of nitrogens with zero attached hydrogens (tertiary/aromatic N) is 1. The van der Waals surface area contributed by atoms with Gasteiger partial charge in [-0.3, -0.25) is 4.90 Å². The molecule has 0 radical (unpaired) electrons. The van der Waals surface area contributed by atoms with Gasteiger partial charge in [-0.05, 0) is 58.3 Å². The Kier molecular flexibility index (Phi) is 5.90. The molecule has 4 unspecified atom stereocenters. The lowest BCUT2D eigenvalue weighted by molar-refractivity contribution is -0.0622. The molecule has 0 amide bonds.